The van der Waals surface area contributed by atoms with Gasteiger partial charge in [0.2, 0.25) is 7.37 Å². The molecular weight excluding hydrogens is 250 g/mol. The molecule has 1 unspecified atom stereocenters. The summed E-state index contributed by atoms with van der Waals surface area (Å²) in [6.07, 6.45) is 6.22. The lowest BCUT2D eigenvalue weighted by Crippen LogP contribution is -2.11. The van der Waals surface area contributed by atoms with Crippen molar-refractivity contribution in [3.63, 3.8) is 0 Å². The van der Waals surface area contributed by atoms with Gasteiger partial charge in [0.25, 0.3) is 0 Å². The maximum absolute atomic E-state index is 13.4. The quantitative estimate of drug-likeness (QED) is 0.825. The van der Waals surface area contributed by atoms with Gasteiger partial charge in [-0.05, 0) is 25.0 Å². The normalized spacial score (nSPS) is 21.0. The van der Waals surface area contributed by atoms with Crippen LogP contribution in [0.5, 0.6) is 0 Å². The zero-order chi connectivity index (χ0) is 13.0. The Labute approximate surface area is 107 Å². The van der Waals surface area contributed by atoms with Crippen LogP contribution in [0.1, 0.15) is 37.7 Å². The smallest absolute Gasteiger partial charge is 0.225 e. The van der Waals surface area contributed by atoms with Crippen LogP contribution in [0.15, 0.2) is 30.1 Å². The van der Waals surface area contributed by atoms with Gasteiger partial charge in [-0.25, -0.2) is 4.39 Å². The van der Waals surface area contributed by atoms with Gasteiger partial charge in [0.1, 0.15) is 5.82 Å². The molecule has 18 heavy (non-hydrogen) atoms. The van der Waals surface area contributed by atoms with Gasteiger partial charge in [-0.3, -0.25) is 4.57 Å². The molecule has 0 radical (unpaired) electrons. The van der Waals surface area contributed by atoms with Crippen molar-refractivity contribution in [2.45, 2.75) is 37.8 Å². The van der Waals surface area contributed by atoms with E-state index in [0.717, 1.165) is 32.1 Å². The standard InChI is InChI=1S/C14H18FO2P/c15-14-9-5-4-6-12(14)10-11-18(16,17)13-7-2-1-3-8-13/h4-6,9-11,13H,1-3,7-8H2,(H,16,17). The fraction of sp³-hybridized carbons (Fsp3) is 0.429. The first-order chi connectivity index (χ1) is 8.59. The van der Waals surface area contributed by atoms with Gasteiger partial charge in [0.05, 0.1) is 0 Å². The zero-order valence-corrected chi connectivity index (χ0v) is 11.2. The van der Waals surface area contributed by atoms with E-state index in [1.54, 1.807) is 18.2 Å². The monoisotopic (exact) mass is 268 g/mol. The highest BCUT2D eigenvalue weighted by Crippen LogP contribution is 2.53. The third-order valence-electron chi connectivity index (χ3n) is 3.47. The fourth-order valence-electron chi connectivity index (χ4n) is 2.37. The van der Waals surface area contributed by atoms with Crippen molar-refractivity contribution in [1.82, 2.24) is 0 Å². The molecule has 0 spiro atoms. The molecule has 1 saturated carbocycles. The summed E-state index contributed by atoms with van der Waals surface area (Å²) in [5, 5.41) is 0. The molecule has 0 bridgehead atoms. The van der Waals surface area contributed by atoms with Crippen molar-refractivity contribution >= 4 is 13.4 Å². The van der Waals surface area contributed by atoms with Gasteiger partial charge >= 0.3 is 0 Å². The Morgan fingerprint density at radius 2 is 1.89 bits per heavy atom. The minimum absolute atomic E-state index is 0.144. The molecule has 0 saturated heterocycles. The van der Waals surface area contributed by atoms with E-state index in [2.05, 4.69) is 0 Å². The van der Waals surface area contributed by atoms with Crippen LogP contribution in [0, 0.1) is 5.82 Å². The number of hydrogen-bond acceptors (Lipinski definition) is 1. The molecule has 1 fully saturated rings. The molecule has 1 atom stereocenters. The molecule has 0 aromatic heterocycles. The number of hydrogen-bond donors (Lipinski definition) is 1. The van der Waals surface area contributed by atoms with E-state index in [4.69, 9.17) is 0 Å². The summed E-state index contributed by atoms with van der Waals surface area (Å²) in [6.45, 7) is 0. The van der Waals surface area contributed by atoms with Crippen molar-refractivity contribution < 1.29 is 13.8 Å². The molecule has 0 aliphatic heterocycles. The van der Waals surface area contributed by atoms with E-state index >= 15 is 0 Å². The highest BCUT2D eigenvalue weighted by Gasteiger charge is 2.29. The average molecular weight is 268 g/mol. The predicted molar refractivity (Wildman–Crippen MR) is 72.1 cm³/mol. The van der Waals surface area contributed by atoms with Crippen LogP contribution in [0.25, 0.3) is 6.08 Å². The Kier molecular flexibility index (Phi) is 4.36. The first-order valence-electron chi connectivity index (χ1n) is 6.35. The second-order valence-electron chi connectivity index (χ2n) is 4.80. The third kappa shape index (κ3) is 3.30. The number of benzene rings is 1. The summed E-state index contributed by atoms with van der Waals surface area (Å²) in [4.78, 5) is 10.0. The molecule has 0 amide bonds. The Hall–Kier alpha value is -0.920. The van der Waals surface area contributed by atoms with E-state index < -0.39 is 7.37 Å². The summed E-state index contributed by atoms with van der Waals surface area (Å²) < 4.78 is 25.6. The second kappa shape index (κ2) is 5.81. The third-order valence-corrected chi connectivity index (χ3v) is 5.61. The second-order valence-corrected chi connectivity index (χ2v) is 7.17. The summed E-state index contributed by atoms with van der Waals surface area (Å²) >= 11 is 0. The summed E-state index contributed by atoms with van der Waals surface area (Å²) in [5.41, 5.74) is 0.219. The molecule has 1 aliphatic carbocycles. The van der Waals surface area contributed by atoms with E-state index in [1.165, 1.54) is 18.0 Å². The van der Waals surface area contributed by atoms with Crippen molar-refractivity contribution in [2.24, 2.45) is 0 Å². The molecule has 0 heterocycles. The number of halogens is 1. The molecule has 1 N–H and O–H groups in total. The molecule has 2 rings (SSSR count). The Bertz CT molecular complexity index is 478. The van der Waals surface area contributed by atoms with Gasteiger partial charge in [0.15, 0.2) is 0 Å². The number of rotatable bonds is 3. The van der Waals surface area contributed by atoms with Crippen LogP contribution >= 0.6 is 7.37 Å². The topological polar surface area (TPSA) is 37.3 Å². The van der Waals surface area contributed by atoms with Crippen LogP contribution in [0.4, 0.5) is 4.39 Å². The Balaban J connectivity index is 2.12. The SMILES string of the molecule is O=P(O)(C=Cc1ccccc1F)C1CCCCC1. The minimum Gasteiger partial charge on any atom is -0.341 e. The van der Waals surface area contributed by atoms with E-state index in [9.17, 15) is 13.8 Å². The summed E-state index contributed by atoms with van der Waals surface area (Å²) in [5.74, 6) is 0.943. The molecule has 1 aromatic carbocycles. The summed E-state index contributed by atoms with van der Waals surface area (Å²) in [7, 11) is -3.30. The average Bonchev–Trinajstić information content (AvgIpc) is 2.39. The maximum atomic E-state index is 13.4. The highest BCUT2D eigenvalue weighted by atomic mass is 31.2. The van der Waals surface area contributed by atoms with E-state index in [0.29, 0.717) is 5.56 Å². The predicted octanol–water partition coefficient (Wildman–Crippen LogP) is 4.40. The van der Waals surface area contributed by atoms with Gasteiger partial charge in [-0.2, -0.15) is 0 Å². The lowest BCUT2D eigenvalue weighted by atomic mass is 10.0. The van der Waals surface area contributed by atoms with Gasteiger partial charge < -0.3 is 4.89 Å². The first kappa shape index (κ1) is 13.5. The van der Waals surface area contributed by atoms with E-state index in [-0.39, 0.29) is 11.5 Å². The van der Waals surface area contributed by atoms with Crippen LogP contribution in [-0.4, -0.2) is 10.6 Å². The van der Waals surface area contributed by atoms with Gasteiger partial charge in [-0.1, -0.05) is 37.5 Å². The fourth-order valence-corrected chi connectivity index (χ4v) is 4.09. The van der Waals surface area contributed by atoms with Crippen LogP contribution in [-0.2, 0) is 4.57 Å². The Morgan fingerprint density at radius 1 is 1.22 bits per heavy atom. The molecule has 1 aliphatic rings. The van der Waals surface area contributed by atoms with Crippen molar-refractivity contribution in [1.29, 1.82) is 0 Å². The van der Waals surface area contributed by atoms with Crippen LogP contribution in [0.3, 0.4) is 0 Å². The molecular formula is C14H18FO2P. The van der Waals surface area contributed by atoms with Crippen molar-refractivity contribution in [2.75, 3.05) is 0 Å². The highest BCUT2D eigenvalue weighted by molar-refractivity contribution is 7.62. The summed E-state index contributed by atoms with van der Waals surface area (Å²) in [6, 6.07) is 6.27. The lowest BCUT2D eigenvalue weighted by Gasteiger charge is -2.24. The maximum Gasteiger partial charge on any atom is 0.225 e. The van der Waals surface area contributed by atoms with Crippen molar-refractivity contribution in [3.8, 4) is 0 Å². The molecule has 1 aromatic rings. The van der Waals surface area contributed by atoms with E-state index in [1.807, 2.05) is 0 Å². The molecule has 4 heteroatoms. The van der Waals surface area contributed by atoms with Crippen LogP contribution < -0.4 is 0 Å². The van der Waals surface area contributed by atoms with Gasteiger partial charge in [0, 0.05) is 17.0 Å². The Morgan fingerprint density at radius 3 is 2.56 bits per heavy atom. The van der Waals surface area contributed by atoms with Gasteiger partial charge in [-0.15, -0.1) is 0 Å². The lowest BCUT2D eigenvalue weighted by molar-refractivity contribution is 0.430. The molecule has 2 nitrogen and oxygen atoms in total. The molecule has 98 valence electrons. The zero-order valence-electron chi connectivity index (χ0n) is 10.3. The van der Waals surface area contributed by atoms with Crippen molar-refractivity contribution in [3.05, 3.63) is 41.5 Å². The first-order valence-corrected chi connectivity index (χ1v) is 8.15. The van der Waals surface area contributed by atoms with Crippen LogP contribution in [0.2, 0.25) is 0 Å². The minimum atomic E-state index is -3.30. The largest absolute Gasteiger partial charge is 0.341 e.